The topological polar surface area (TPSA) is 25.2 Å². The Morgan fingerprint density at radius 3 is 2.60 bits per heavy atom. The van der Waals surface area contributed by atoms with Crippen molar-refractivity contribution in [1.29, 1.82) is 0 Å². The summed E-state index contributed by atoms with van der Waals surface area (Å²) in [6, 6.07) is 11.4. The van der Waals surface area contributed by atoms with Gasteiger partial charge in [-0.25, -0.2) is 0 Å². The van der Waals surface area contributed by atoms with E-state index in [0.717, 1.165) is 10.2 Å². The highest BCUT2D eigenvalue weighted by atomic mass is 79.9. The second-order valence-electron chi connectivity index (χ2n) is 4.59. The van der Waals surface area contributed by atoms with Gasteiger partial charge < -0.3 is 9.47 Å². The molecular formula is C16H17BrN2O. The van der Waals surface area contributed by atoms with E-state index in [0.29, 0.717) is 18.7 Å². The highest BCUT2D eigenvalue weighted by Crippen LogP contribution is 2.14. The van der Waals surface area contributed by atoms with Crippen molar-refractivity contribution >= 4 is 21.8 Å². The van der Waals surface area contributed by atoms with Crippen molar-refractivity contribution in [2.75, 3.05) is 6.54 Å². The molecule has 0 radical (unpaired) electrons. The number of benzene rings is 1. The van der Waals surface area contributed by atoms with Gasteiger partial charge in [0.25, 0.3) is 5.91 Å². The molecule has 0 unspecified atom stereocenters. The number of hydrogen-bond donors (Lipinski definition) is 0. The Balaban J connectivity index is 2.19. The fraction of sp³-hybridized carbons (Fsp3) is 0.188. The second-order valence-corrected chi connectivity index (χ2v) is 5.51. The zero-order valence-corrected chi connectivity index (χ0v) is 13.0. The van der Waals surface area contributed by atoms with Crippen LogP contribution in [-0.4, -0.2) is 21.9 Å². The first kappa shape index (κ1) is 14.6. The van der Waals surface area contributed by atoms with Gasteiger partial charge in [0, 0.05) is 35.5 Å². The van der Waals surface area contributed by atoms with Crippen LogP contribution in [0.15, 0.2) is 59.7 Å². The Hall–Kier alpha value is -1.81. The minimum atomic E-state index is 0.0126. The van der Waals surface area contributed by atoms with Crippen molar-refractivity contribution in [1.82, 2.24) is 9.47 Å². The molecule has 3 nitrogen and oxygen atoms in total. The average Bonchev–Trinajstić information content (AvgIpc) is 2.84. The molecular weight excluding hydrogens is 316 g/mol. The summed E-state index contributed by atoms with van der Waals surface area (Å²) in [6.45, 7) is 4.84. The number of aryl methyl sites for hydroxylation is 1. The Kier molecular flexibility index (Phi) is 4.79. The summed E-state index contributed by atoms with van der Waals surface area (Å²) in [5.41, 5.74) is 1.78. The minimum absolute atomic E-state index is 0.0126. The highest BCUT2D eigenvalue weighted by Gasteiger charge is 2.15. The third-order valence-corrected chi connectivity index (χ3v) is 3.66. The van der Waals surface area contributed by atoms with E-state index in [1.54, 1.807) is 11.0 Å². The van der Waals surface area contributed by atoms with Crippen LogP contribution in [0.3, 0.4) is 0 Å². The summed E-state index contributed by atoms with van der Waals surface area (Å²) < 4.78 is 2.98. The van der Waals surface area contributed by atoms with Gasteiger partial charge in [-0.1, -0.05) is 22.0 Å². The first-order valence-electron chi connectivity index (χ1n) is 6.37. The third-order valence-electron chi connectivity index (χ3n) is 3.13. The number of halogens is 1. The average molecular weight is 333 g/mol. The van der Waals surface area contributed by atoms with E-state index in [2.05, 4.69) is 22.5 Å². The highest BCUT2D eigenvalue weighted by molar-refractivity contribution is 9.10. The van der Waals surface area contributed by atoms with Crippen LogP contribution in [0.25, 0.3) is 0 Å². The first-order valence-corrected chi connectivity index (χ1v) is 7.17. The number of nitrogens with zero attached hydrogens (tertiary/aromatic N) is 2. The van der Waals surface area contributed by atoms with Gasteiger partial charge >= 0.3 is 0 Å². The summed E-state index contributed by atoms with van der Waals surface area (Å²) in [7, 11) is 1.98. The van der Waals surface area contributed by atoms with Gasteiger partial charge in [-0.3, -0.25) is 4.79 Å². The fourth-order valence-corrected chi connectivity index (χ4v) is 2.27. The quantitative estimate of drug-likeness (QED) is 0.768. The van der Waals surface area contributed by atoms with Gasteiger partial charge in [-0.15, -0.1) is 6.58 Å². The van der Waals surface area contributed by atoms with Gasteiger partial charge in [0.2, 0.25) is 0 Å². The molecule has 1 aromatic carbocycles. The maximum absolute atomic E-state index is 12.5. The Morgan fingerprint density at radius 2 is 2.05 bits per heavy atom. The molecule has 0 aliphatic heterocycles. The predicted octanol–water partition coefficient (Wildman–Crippen LogP) is 3.62. The van der Waals surface area contributed by atoms with Crippen LogP contribution >= 0.6 is 15.9 Å². The number of hydrogen-bond acceptors (Lipinski definition) is 1. The molecule has 4 heteroatoms. The van der Waals surface area contributed by atoms with E-state index >= 15 is 0 Å². The van der Waals surface area contributed by atoms with Crippen LogP contribution in [0.5, 0.6) is 0 Å². The van der Waals surface area contributed by atoms with E-state index in [9.17, 15) is 4.79 Å². The predicted molar refractivity (Wildman–Crippen MR) is 84.5 cm³/mol. The molecule has 1 aromatic heterocycles. The van der Waals surface area contributed by atoms with Crippen molar-refractivity contribution in [3.8, 4) is 0 Å². The van der Waals surface area contributed by atoms with Crippen molar-refractivity contribution in [2.45, 2.75) is 6.54 Å². The maximum Gasteiger partial charge on any atom is 0.254 e. The molecule has 0 fully saturated rings. The number of carbonyl (C=O) groups is 1. The van der Waals surface area contributed by atoms with E-state index in [1.165, 1.54) is 0 Å². The zero-order chi connectivity index (χ0) is 14.5. The fourth-order valence-electron chi connectivity index (χ4n) is 2.01. The van der Waals surface area contributed by atoms with Crippen LogP contribution in [0.4, 0.5) is 0 Å². The molecule has 1 amide bonds. The Morgan fingerprint density at radius 1 is 1.35 bits per heavy atom. The lowest BCUT2D eigenvalue weighted by Crippen LogP contribution is -2.31. The molecule has 2 aromatic rings. The summed E-state index contributed by atoms with van der Waals surface area (Å²) in [5.74, 6) is 0.0126. The normalized spacial score (nSPS) is 10.3. The third kappa shape index (κ3) is 3.39. The lowest BCUT2D eigenvalue weighted by molar-refractivity contribution is 0.0759. The van der Waals surface area contributed by atoms with Crippen LogP contribution < -0.4 is 0 Å². The maximum atomic E-state index is 12.5. The largest absolute Gasteiger partial charge is 0.353 e. The van der Waals surface area contributed by atoms with Crippen molar-refractivity contribution in [3.05, 3.63) is 71.0 Å². The smallest absolute Gasteiger partial charge is 0.254 e. The number of aromatic nitrogens is 1. The molecule has 1 heterocycles. The molecule has 0 spiro atoms. The minimum Gasteiger partial charge on any atom is -0.353 e. The van der Waals surface area contributed by atoms with Crippen LogP contribution in [0.2, 0.25) is 0 Å². The van der Waals surface area contributed by atoms with E-state index < -0.39 is 0 Å². The van der Waals surface area contributed by atoms with Gasteiger partial charge in [-0.05, 0) is 36.4 Å². The van der Waals surface area contributed by atoms with Crippen molar-refractivity contribution < 1.29 is 4.79 Å². The van der Waals surface area contributed by atoms with Gasteiger partial charge in [-0.2, -0.15) is 0 Å². The standard InChI is InChI=1S/C16H17BrN2O/c1-3-10-19(12-15-5-4-11-18(15)2)16(20)13-6-8-14(17)9-7-13/h3-9,11H,1,10,12H2,2H3. The first-order chi connectivity index (χ1) is 9.61. The van der Waals surface area contributed by atoms with E-state index in [1.807, 2.05) is 54.2 Å². The summed E-state index contributed by atoms with van der Waals surface area (Å²) in [4.78, 5) is 14.3. The summed E-state index contributed by atoms with van der Waals surface area (Å²) in [6.07, 6.45) is 3.73. The second kappa shape index (κ2) is 6.57. The molecule has 2 rings (SSSR count). The lowest BCUT2D eigenvalue weighted by atomic mass is 10.2. The number of rotatable bonds is 5. The van der Waals surface area contributed by atoms with Crippen molar-refractivity contribution in [2.24, 2.45) is 7.05 Å². The van der Waals surface area contributed by atoms with E-state index in [-0.39, 0.29) is 5.91 Å². The summed E-state index contributed by atoms with van der Waals surface area (Å²) >= 11 is 3.38. The molecule has 0 saturated heterocycles. The van der Waals surface area contributed by atoms with Crippen LogP contribution in [-0.2, 0) is 13.6 Å². The SMILES string of the molecule is C=CCN(Cc1cccn1C)C(=O)c1ccc(Br)cc1. The molecule has 0 N–H and O–H groups in total. The molecule has 0 aliphatic rings. The Labute approximate surface area is 127 Å². The molecule has 20 heavy (non-hydrogen) atoms. The van der Waals surface area contributed by atoms with Gasteiger partial charge in [0.1, 0.15) is 0 Å². The number of carbonyl (C=O) groups excluding carboxylic acids is 1. The zero-order valence-electron chi connectivity index (χ0n) is 11.4. The molecule has 104 valence electrons. The molecule has 0 atom stereocenters. The monoisotopic (exact) mass is 332 g/mol. The van der Waals surface area contributed by atoms with Gasteiger partial charge in [0.15, 0.2) is 0 Å². The van der Waals surface area contributed by atoms with E-state index in [4.69, 9.17) is 0 Å². The molecule has 0 aliphatic carbocycles. The Bertz CT molecular complexity index is 601. The lowest BCUT2D eigenvalue weighted by Gasteiger charge is -2.21. The molecule has 0 saturated carbocycles. The van der Waals surface area contributed by atoms with Crippen molar-refractivity contribution in [3.63, 3.8) is 0 Å². The van der Waals surface area contributed by atoms with Crippen LogP contribution in [0.1, 0.15) is 16.1 Å². The number of amides is 1. The summed E-state index contributed by atoms with van der Waals surface area (Å²) in [5, 5.41) is 0. The van der Waals surface area contributed by atoms with Crippen LogP contribution in [0, 0.1) is 0 Å². The van der Waals surface area contributed by atoms with Gasteiger partial charge in [0.05, 0.1) is 6.54 Å². The molecule has 0 bridgehead atoms.